The van der Waals surface area contributed by atoms with Crippen LogP contribution in [0.1, 0.15) is 12.6 Å². The number of rotatable bonds is 3. The van der Waals surface area contributed by atoms with Crippen molar-refractivity contribution < 1.29 is 0 Å². The smallest absolute Gasteiger partial charge is 0.0589 e. The molecule has 0 saturated heterocycles. The molecule has 1 aromatic heterocycles. The summed E-state index contributed by atoms with van der Waals surface area (Å²) in [5, 5.41) is 3.85. The first-order valence-corrected chi connectivity index (χ1v) is 4.38. The van der Waals surface area contributed by atoms with E-state index in [-0.39, 0.29) is 0 Å². The van der Waals surface area contributed by atoms with Gasteiger partial charge < -0.3 is 5.32 Å². The van der Waals surface area contributed by atoms with Crippen molar-refractivity contribution in [2.24, 2.45) is 0 Å². The lowest BCUT2D eigenvalue weighted by Crippen LogP contribution is -2.23. The summed E-state index contributed by atoms with van der Waals surface area (Å²) in [6.07, 6.45) is 2.62. The van der Waals surface area contributed by atoms with E-state index in [1.807, 2.05) is 19.2 Å². The van der Waals surface area contributed by atoms with Crippen molar-refractivity contribution in [3.05, 3.63) is 29.0 Å². The van der Waals surface area contributed by atoms with Crippen LogP contribution in [0, 0.1) is 0 Å². The highest BCUT2D eigenvalue weighted by Gasteiger charge is 2.00. The summed E-state index contributed by atoms with van der Waals surface area (Å²) in [6, 6.07) is 4.28. The number of halogens is 1. The van der Waals surface area contributed by atoms with E-state index in [0.29, 0.717) is 11.1 Å². The minimum atomic E-state index is 0.457. The summed E-state index contributed by atoms with van der Waals surface area (Å²) in [5.41, 5.74) is 1.07. The number of pyridine rings is 1. The normalized spacial score (nSPS) is 12.9. The number of nitrogens with one attached hydrogen (secondary N) is 1. The molecule has 1 unspecified atom stereocenters. The molecule has 0 fully saturated rings. The number of likely N-dealkylation sites (N-methyl/N-ethyl adjacent to an activating group) is 1. The maximum Gasteiger partial charge on any atom is 0.0589 e. The molecule has 0 amide bonds. The summed E-state index contributed by atoms with van der Waals surface area (Å²) in [4.78, 5) is 4.19. The van der Waals surface area contributed by atoms with E-state index >= 15 is 0 Å². The molecule has 0 aliphatic heterocycles. The third-order valence-corrected chi connectivity index (χ3v) is 2.02. The van der Waals surface area contributed by atoms with Crippen molar-refractivity contribution in [1.29, 1.82) is 0 Å². The zero-order chi connectivity index (χ0) is 8.97. The van der Waals surface area contributed by atoms with Gasteiger partial charge in [0.15, 0.2) is 0 Å². The Morgan fingerprint density at radius 1 is 1.58 bits per heavy atom. The van der Waals surface area contributed by atoms with Crippen molar-refractivity contribution in [3.8, 4) is 0 Å². The molecule has 0 radical (unpaired) electrons. The Bertz CT molecular complexity index is 233. The first-order chi connectivity index (χ1) is 5.72. The average molecular weight is 185 g/mol. The lowest BCUT2D eigenvalue weighted by Gasteiger charge is -2.08. The van der Waals surface area contributed by atoms with Crippen LogP contribution in [0.2, 0.25) is 5.02 Å². The molecule has 0 aliphatic rings. The SMILES string of the molecule is CNC(C)Cc1ccc(Cl)cn1. The van der Waals surface area contributed by atoms with Crippen LogP contribution in [-0.4, -0.2) is 18.1 Å². The largest absolute Gasteiger partial charge is 0.317 e. The molecule has 0 spiro atoms. The second kappa shape index (κ2) is 4.43. The zero-order valence-corrected chi connectivity index (χ0v) is 8.10. The molecule has 3 heteroatoms. The molecule has 1 atom stereocenters. The Morgan fingerprint density at radius 3 is 2.83 bits per heavy atom. The molecule has 0 saturated carbocycles. The van der Waals surface area contributed by atoms with Gasteiger partial charge in [0.1, 0.15) is 0 Å². The van der Waals surface area contributed by atoms with Crippen LogP contribution in [0.15, 0.2) is 18.3 Å². The highest BCUT2D eigenvalue weighted by Crippen LogP contribution is 2.07. The van der Waals surface area contributed by atoms with Crippen LogP contribution in [0.25, 0.3) is 0 Å². The average Bonchev–Trinajstić information content (AvgIpc) is 2.09. The van der Waals surface area contributed by atoms with E-state index in [4.69, 9.17) is 11.6 Å². The van der Waals surface area contributed by atoms with Crippen molar-refractivity contribution in [2.45, 2.75) is 19.4 Å². The highest BCUT2D eigenvalue weighted by atomic mass is 35.5. The van der Waals surface area contributed by atoms with Gasteiger partial charge in [0.2, 0.25) is 0 Å². The molecule has 0 aliphatic carbocycles. The monoisotopic (exact) mass is 184 g/mol. The van der Waals surface area contributed by atoms with Crippen LogP contribution in [0.5, 0.6) is 0 Å². The fourth-order valence-corrected chi connectivity index (χ4v) is 1.05. The van der Waals surface area contributed by atoms with Gasteiger partial charge in [0.25, 0.3) is 0 Å². The number of nitrogens with zero attached hydrogens (tertiary/aromatic N) is 1. The minimum Gasteiger partial charge on any atom is -0.317 e. The molecule has 1 heterocycles. The Balaban J connectivity index is 2.58. The van der Waals surface area contributed by atoms with E-state index < -0.39 is 0 Å². The van der Waals surface area contributed by atoms with Gasteiger partial charge in [0.05, 0.1) is 5.02 Å². The molecule has 0 bridgehead atoms. The summed E-state index contributed by atoms with van der Waals surface area (Å²) < 4.78 is 0. The van der Waals surface area contributed by atoms with Crippen LogP contribution in [0.4, 0.5) is 0 Å². The maximum atomic E-state index is 5.70. The molecule has 1 rings (SSSR count). The third-order valence-electron chi connectivity index (χ3n) is 1.80. The zero-order valence-electron chi connectivity index (χ0n) is 7.34. The molecule has 12 heavy (non-hydrogen) atoms. The Kier molecular flexibility index (Phi) is 3.50. The van der Waals surface area contributed by atoms with E-state index in [1.54, 1.807) is 6.20 Å². The van der Waals surface area contributed by atoms with Gasteiger partial charge in [-0.05, 0) is 26.1 Å². The molecular formula is C9H13ClN2. The second-order valence-corrected chi connectivity index (χ2v) is 3.30. The Hall–Kier alpha value is -0.600. The van der Waals surface area contributed by atoms with E-state index in [2.05, 4.69) is 17.2 Å². The fourth-order valence-electron chi connectivity index (χ4n) is 0.943. The van der Waals surface area contributed by atoms with Gasteiger partial charge in [-0.3, -0.25) is 4.98 Å². The lowest BCUT2D eigenvalue weighted by atomic mass is 10.2. The predicted molar refractivity (Wildman–Crippen MR) is 51.5 cm³/mol. The molecule has 66 valence electrons. The first-order valence-electron chi connectivity index (χ1n) is 4.00. The standard InChI is InChI=1S/C9H13ClN2/c1-7(11-2)5-9-4-3-8(10)6-12-9/h3-4,6-7,11H,5H2,1-2H3. The number of hydrogen-bond donors (Lipinski definition) is 1. The summed E-state index contributed by atoms with van der Waals surface area (Å²) >= 11 is 5.70. The highest BCUT2D eigenvalue weighted by molar-refractivity contribution is 6.30. The molecular weight excluding hydrogens is 172 g/mol. The van der Waals surface area contributed by atoms with Gasteiger partial charge in [-0.15, -0.1) is 0 Å². The van der Waals surface area contributed by atoms with Crippen molar-refractivity contribution in [1.82, 2.24) is 10.3 Å². The maximum absolute atomic E-state index is 5.70. The van der Waals surface area contributed by atoms with Crippen molar-refractivity contribution in [2.75, 3.05) is 7.05 Å². The summed E-state index contributed by atoms with van der Waals surface area (Å²) in [7, 11) is 1.95. The number of aromatic nitrogens is 1. The van der Waals surface area contributed by atoms with Gasteiger partial charge in [-0.2, -0.15) is 0 Å². The van der Waals surface area contributed by atoms with Gasteiger partial charge in [0, 0.05) is 24.4 Å². The van der Waals surface area contributed by atoms with Gasteiger partial charge in [-0.25, -0.2) is 0 Å². The van der Waals surface area contributed by atoms with Gasteiger partial charge >= 0.3 is 0 Å². The van der Waals surface area contributed by atoms with E-state index in [0.717, 1.165) is 12.1 Å². The molecule has 2 nitrogen and oxygen atoms in total. The molecule has 1 aromatic rings. The topological polar surface area (TPSA) is 24.9 Å². The third kappa shape index (κ3) is 2.80. The van der Waals surface area contributed by atoms with Crippen LogP contribution in [0.3, 0.4) is 0 Å². The Labute approximate surface area is 78.0 Å². The second-order valence-electron chi connectivity index (χ2n) is 2.86. The van der Waals surface area contributed by atoms with Crippen LogP contribution in [-0.2, 0) is 6.42 Å². The number of hydrogen-bond acceptors (Lipinski definition) is 2. The minimum absolute atomic E-state index is 0.457. The summed E-state index contributed by atoms with van der Waals surface area (Å²) in [6.45, 7) is 2.12. The fraction of sp³-hybridized carbons (Fsp3) is 0.444. The van der Waals surface area contributed by atoms with E-state index in [1.165, 1.54) is 0 Å². The van der Waals surface area contributed by atoms with Crippen LogP contribution >= 0.6 is 11.6 Å². The summed E-state index contributed by atoms with van der Waals surface area (Å²) in [5.74, 6) is 0. The van der Waals surface area contributed by atoms with Crippen molar-refractivity contribution in [3.63, 3.8) is 0 Å². The first kappa shape index (κ1) is 9.49. The van der Waals surface area contributed by atoms with E-state index in [9.17, 15) is 0 Å². The van der Waals surface area contributed by atoms with Crippen molar-refractivity contribution >= 4 is 11.6 Å². The van der Waals surface area contributed by atoms with Gasteiger partial charge in [-0.1, -0.05) is 11.6 Å². The van der Waals surface area contributed by atoms with Crippen LogP contribution < -0.4 is 5.32 Å². The quantitative estimate of drug-likeness (QED) is 0.776. The molecule has 0 aromatic carbocycles. The predicted octanol–water partition coefficient (Wildman–Crippen LogP) is 1.89. The lowest BCUT2D eigenvalue weighted by molar-refractivity contribution is 0.601. The Morgan fingerprint density at radius 2 is 2.33 bits per heavy atom. The molecule has 1 N–H and O–H groups in total.